The van der Waals surface area contributed by atoms with Gasteiger partial charge in [-0.1, -0.05) is 134 Å². The number of benzene rings is 2. The van der Waals surface area contributed by atoms with Gasteiger partial charge in [0.1, 0.15) is 11.5 Å². The van der Waals surface area contributed by atoms with Gasteiger partial charge >= 0.3 is 0 Å². The monoisotopic (exact) mass is 631 g/mol. The first-order valence-corrected chi connectivity index (χ1v) is 18.1. The molecule has 1 aliphatic carbocycles. The van der Waals surface area contributed by atoms with Crippen LogP contribution in [0.1, 0.15) is 181 Å². The van der Waals surface area contributed by atoms with Gasteiger partial charge in [-0.15, -0.1) is 0 Å². The molecule has 0 amide bonds. The minimum absolute atomic E-state index is 0.0114. The summed E-state index contributed by atoms with van der Waals surface area (Å²) < 4.78 is 0. The molecule has 2 aromatic rings. The highest BCUT2D eigenvalue weighted by molar-refractivity contribution is 5.86. The molecule has 1 aliphatic rings. The highest BCUT2D eigenvalue weighted by Gasteiger charge is 2.29. The Morgan fingerprint density at radius 3 is 1.26 bits per heavy atom. The van der Waals surface area contributed by atoms with Crippen LogP contribution in [0.2, 0.25) is 0 Å². The van der Waals surface area contributed by atoms with Crippen molar-refractivity contribution in [1.29, 1.82) is 0 Å². The fraction of sp³-hybridized carbons (Fsp3) is 0.667. The van der Waals surface area contributed by atoms with E-state index < -0.39 is 0 Å². The number of phenolic OH excluding ortho intramolecular Hbond substituents is 2. The summed E-state index contributed by atoms with van der Waals surface area (Å²) in [5.41, 5.74) is 5.72. The van der Waals surface area contributed by atoms with Gasteiger partial charge in [-0.25, -0.2) is 0 Å². The number of phenols is 2. The molecule has 2 unspecified atom stereocenters. The molecular weight excluding hydrogens is 564 g/mol. The third-order valence-electron chi connectivity index (χ3n) is 10.3. The largest absolute Gasteiger partial charge is 0.507 e. The van der Waals surface area contributed by atoms with Crippen LogP contribution in [-0.2, 0) is 21.7 Å². The quantitative estimate of drug-likeness (QED) is 0.229. The van der Waals surface area contributed by atoms with E-state index in [2.05, 4.69) is 107 Å². The first-order chi connectivity index (χ1) is 21.3. The molecule has 2 N–H and O–H groups in total. The van der Waals surface area contributed by atoms with Gasteiger partial charge in [-0.05, 0) is 70.6 Å². The van der Waals surface area contributed by atoms with Gasteiger partial charge in [-0.2, -0.15) is 0 Å². The van der Waals surface area contributed by atoms with Crippen molar-refractivity contribution in [2.75, 3.05) is 0 Å². The smallest absolute Gasteiger partial charge is 0.128 e. The molecule has 0 saturated heterocycles. The minimum Gasteiger partial charge on any atom is -0.507 e. The van der Waals surface area contributed by atoms with E-state index in [1.807, 2.05) is 12.4 Å². The van der Waals surface area contributed by atoms with Crippen molar-refractivity contribution in [3.63, 3.8) is 0 Å². The van der Waals surface area contributed by atoms with Crippen LogP contribution in [-0.4, -0.2) is 34.7 Å². The number of rotatable bonds is 12. The van der Waals surface area contributed by atoms with Gasteiger partial charge in [-0.3, -0.25) is 9.98 Å². The zero-order valence-corrected chi connectivity index (χ0v) is 31.5. The van der Waals surface area contributed by atoms with E-state index in [0.717, 1.165) is 60.8 Å². The van der Waals surface area contributed by atoms with Crippen molar-refractivity contribution in [3.8, 4) is 11.5 Å². The molecule has 0 bridgehead atoms. The van der Waals surface area contributed by atoms with Crippen LogP contribution in [0.5, 0.6) is 11.5 Å². The van der Waals surface area contributed by atoms with E-state index >= 15 is 0 Å². The molecule has 3 rings (SSSR count). The summed E-state index contributed by atoms with van der Waals surface area (Å²) >= 11 is 0. The Labute approximate surface area is 282 Å². The lowest BCUT2D eigenvalue weighted by Gasteiger charge is -2.30. The fourth-order valence-corrected chi connectivity index (χ4v) is 6.75. The van der Waals surface area contributed by atoms with Gasteiger partial charge < -0.3 is 10.2 Å². The summed E-state index contributed by atoms with van der Waals surface area (Å²) in [6, 6.07) is 8.81. The van der Waals surface area contributed by atoms with Crippen LogP contribution < -0.4 is 0 Å². The van der Waals surface area contributed by atoms with Crippen LogP contribution in [0, 0.1) is 0 Å². The Morgan fingerprint density at radius 2 is 0.957 bits per heavy atom. The minimum atomic E-state index is -0.186. The lowest BCUT2D eigenvalue weighted by Crippen LogP contribution is -2.27. The Bertz CT molecular complexity index is 1260. The Kier molecular flexibility index (Phi) is 12.4. The number of aromatic hydroxyl groups is 2. The predicted octanol–water partition coefficient (Wildman–Crippen LogP) is 11.5. The highest BCUT2D eigenvalue weighted by atomic mass is 16.3. The van der Waals surface area contributed by atoms with E-state index in [1.165, 1.54) is 36.8 Å². The fourth-order valence-electron chi connectivity index (χ4n) is 6.75. The predicted molar refractivity (Wildman–Crippen MR) is 200 cm³/mol. The molecule has 4 heteroatoms. The van der Waals surface area contributed by atoms with Gasteiger partial charge in [0, 0.05) is 34.7 Å². The van der Waals surface area contributed by atoms with E-state index in [4.69, 9.17) is 9.98 Å². The number of hydrogen-bond donors (Lipinski definition) is 2. The topological polar surface area (TPSA) is 65.2 Å². The number of nitrogens with zero attached hydrogens (tertiary/aromatic N) is 2. The number of hydrogen-bond acceptors (Lipinski definition) is 4. The zero-order chi connectivity index (χ0) is 34.5. The second-order valence-electron chi connectivity index (χ2n) is 17.4. The van der Waals surface area contributed by atoms with Crippen LogP contribution in [0.15, 0.2) is 34.3 Å². The molecule has 1 saturated carbocycles. The SMILES string of the molecule is CCCCC(C)(C)c1cc(C=NC2CCCCC2N=Cc2cc(C(C)(C)CCCC)cc(C(C)(C)C)c2O)c(O)c(C(C)(C)C)c1. The van der Waals surface area contributed by atoms with E-state index in [0.29, 0.717) is 11.5 Å². The number of aliphatic imine (C=N–C) groups is 2. The lowest BCUT2D eigenvalue weighted by atomic mass is 9.76. The third-order valence-corrected chi connectivity index (χ3v) is 10.3. The Morgan fingerprint density at radius 1 is 0.609 bits per heavy atom. The summed E-state index contributed by atoms with van der Waals surface area (Å²) in [5.74, 6) is 0.675. The van der Waals surface area contributed by atoms with Crippen molar-refractivity contribution in [2.45, 2.75) is 181 Å². The molecule has 2 aromatic carbocycles. The van der Waals surface area contributed by atoms with E-state index in [9.17, 15) is 10.2 Å². The van der Waals surface area contributed by atoms with Crippen molar-refractivity contribution in [1.82, 2.24) is 0 Å². The molecule has 1 fully saturated rings. The molecule has 0 aliphatic heterocycles. The summed E-state index contributed by atoms with van der Waals surface area (Å²) in [6.45, 7) is 26.7. The first-order valence-electron chi connectivity index (χ1n) is 18.1. The van der Waals surface area contributed by atoms with E-state index in [1.54, 1.807) is 0 Å². The van der Waals surface area contributed by atoms with Gasteiger partial charge in [0.25, 0.3) is 0 Å². The maximum Gasteiger partial charge on any atom is 0.128 e. The zero-order valence-electron chi connectivity index (χ0n) is 31.5. The first kappa shape index (κ1) is 37.8. The lowest BCUT2D eigenvalue weighted by molar-refractivity contribution is 0.389. The summed E-state index contributed by atoms with van der Waals surface area (Å²) in [4.78, 5) is 10.3. The average molecular weight is 631 g/mol. The van der Waals surface area contributed by atoms with Crippen LogP contribution >= 0.6 is 0 Å². The van der Waals surface area contributed by atoms with Crippen LogP contribution in [0.25, 0.3) is 0 Å². The van der Waals surface area contributed by atoms with Gasteiger partial charge in [0.2, 0.25) is 0 Å². The average Bonchev–Trinajstić information content (AvgIpc) is 2.97. The normalized spacial score (nSPS) is 18.6. The molecule has 0 heterocycles. The van der Waals surface area contributed by atoms with Gasteiger partial charge in [0.05, 0.1) is 12.1 Å². The molecule has 0 spiro atoms. The molecular formula is C42H66N2O2. The molecule has 2 atom stereocenters. The van der Waals surface area contributed by atoms with Crippen molar-refractivity contribution in [2.24, 2.45) is 9.98 Å². The third kappa shape index (κ3) is 9.48. The Balaban J connectivity index is 2.01. The standard InChI is InChI=1S/C42H66N2O2/c1-13-15-21-41(9,10)31-23-29(37(45)33(25-31)39(3,4)5)27-43-35-19-17-18-20-36(35)44-28-30-24-32(42(11,12)22-16-14-2)26-34(38(30)46)40(6,7)8/h23-28,35-36,45-46H,13-22H2,1-12H3. The summed E-state index contributed by atoms with van der Waals surface area (Å²) in [6.07, 6.45) is 14.9. The van der Waals surface area contributed by atoms with Crippen LogP contribution in [0.4, 0.5) is 0 Å². The number of unbranched alkanes of at least 4 members (excludes halogenated alkanes) is 2. The molecule has 0 radical (unpaired) electrons. The maximum atomic E-state index is 11.5. The highest BCUT2D eigenvalue weighted by Crippen LogP contribution is 2.41. The van der Waals surface area contributed by atoms with E-state index in [-0.39, 0.29) is 33.7 Å². The Hall–Kier alpha value is -2.62. The molecule has 4 nitrogen and oxygen atoms in total. The maximum absolute atomic E-state index is 11.5. The summed E-state index contributed by atoms with van der Waals surface area (Å²) in [7, 11) is 0. The van der Waals surface area contributed by atoms with Gasteiger partial charge in [0.15, 0.2) is 0 Å². The molecule has 0 aromatic heterocycles. The van der Waals surface area contributed by atoms with Crippen LogP contribution in [0.3, 0.4) is 0 Å². The molecule has 46 heavy (non-hydrogen) atoms. The summed E-state index contributed by atoms with van der Waals surface area (Å²) in [5, 5.41) is 22.9. The van der Waals surface area contributed by atoms with Crippen molar-refractivity contribution >= 4 is 12.4 Å². The second kappa shape index (κ2) is 15.1. The second-order valence-corrected chi connectivity index (χ2v) is 17.4. The van der Waals surface area contributed by atoms with Crippen molar-refractivity contribution in [3.05, 3.63) is 57.6 Å². The van der Waals surface area contributed by atoms with Crippen molar-refractivity contribution < 1.29 is 10.2 Å². The molecule has 256 valence electrons.